The second-order valence-corrected chi connectivity index (χ2v) is 5.35. The summed E-state index contributed by atoms with van der Waals surface area (Å²) in [4.78, 5) is 12.0. The van der Waals surface area contributed by atoms with Crippen LogP contribution in [0.5, 0.6) is 17.4 Å². The van der Waals surface area contributed by atoms with Crippen molar-refractivity contribution in [3.8, 4) is 17.4 Å². The smallest absolute Gasteiger partial charge is 0.262 e. The van der Waals surface area contributed by atoms with Gasteiger partial charge in [-0.05, 0) is 12.1 Å². The number of rotatable bonds is 4. The van der Waals surface area contributed by atoms with E-state index >= 15 is 0 Å². The van der Waals surface area contributed by atoms with Gasteiger partial charge in [0.2, 0.25) is 0 Å². The first-order chi connectivity index (χ1) is 11.1. The Morgan fingerprint density at radius 1 is 1.30 bits per heavy atom. The average molecular weight is 339 g/mol. The van der Waals surface area contributed by atoms with Crippen LogP contribution in [0, 0.1) is 6.92 Å². The monoisotopic (exact) mass is 338 g/mol. The van der Waals surface area contributed by atoms with E-state index in [-0.39, 0.29) is 18.4 Å². The van der Waals surface area contributed by atoms with Gasteiger partial charge in [0.25, 0.3) is 11.8 Å². The minimum absolute atomic E-state index is 0.212. The number of nitrogens with one attached hydrogen (secondary N) is 1. The fourth-order valence-electron chi connectivity index (χ4n) is 2.02. The van der Waals surface area contributed by atoms with E-state index in [0.717, 1.165) is 6.42 Å². The lowest BCUT2D eigenvalue weighted by atomic mass is 10.2. The maximum absolute atomic E-state index is 12.0. The molecule has 0 bridgehead atoms. The summed E-state index contributed by atoms with van der Waals surface area (Å²) in [5, 5.41) is 6.67. The Bertz CT molecular complexity index is 716. The highest BCUT2D eigenvalue weighted by atomic mass is 35.5. The molecule has 1 aliphatic heterocycles. The fourth-order valence-corrected chi connectivity index (χ4v) is 2.22. The SMILES string of the molecule is Cc1cc(OCC(=O)Nc2cc3c(cc2Cl)OCCCO3)no1. The molecule has 0 aliphatic carbocycles. The molecule has 8 heteroatoms. The zero-order valence-electron chi connectivity index (χ0n) is 12.4. The molecule has 2 heterocycles. The lowest BCUT2D eigenvalue weighted by Crippen LogP contribution is -2.20. The molecule has 2 aromatic rings. The van der Waals surface area contributed by atoms with Crippen LogP contribution >= 0.6 is 11.6 Å². The summed E-state index contributed by atoms with van der Waals surface area (Å²) in [6.07, 6.45) is 0.791. The molecule has 0 atom stereocenters. The number of hydrogen-bond donors (Lipinski definition) is 1. The van der Waals surface area contributed by atoms with Crippen LogP contribution in [-0.4, -0.2) is 30.9 Å². The number of aryl methyl sites for hydroxylation is 1. The molecule has 3 rings (SSSR count). The van der Waals surface area contributed by atoms with Gasteiger partial charge in [-0.1, -0.05) is 11.6 Å². The van der Waals surface area contributed by atoms with E-state index in [1.807, 2.05) is 0 Å². The van der Waals surface area contributed by atoms with Gasteiger partial charge in [-0.3, -0.25) is 4.79 Å². The number of carbonyl (C=O) groups excluding carboxylic acids is 1. The van der Waals surface area contributed by atoms with E-state index < -0.39 is 0 Å². The third-order valence-corrected chi connectivity index (χ3v) is 3.38. The number of halogens is 1. The number of amides is 1. The van der Waals surface area contributed by atoms with E-state index in [4.69, 9.17) is 30.3 Å². The van der Waals surface area contributed by atoms with Gasteiger partial charge in [0, 0.05) is 24.6 Å². The molecule has 0 fully saturated rings. The highest BCUT2D eigenvalue weighted by molar-refractivity contribution is 6.34. The van der Waals surface area contributed by atoms with Gasteiger partial charge < -0.3 is 24.1 Å². The Hall–Kier alpha value is -2.41. The van der Waals surface area contributed by atoms with Crippen molar-refractivity contribution >= 4 is 23.2 Å². The number of anilines is 1. The maximum Gasteiger partial charge on any atom is 0.262 e. The fraction of sp³-hybridized carbons (Fsp3) is 0.333. The summed E-state index contributed by atoms with van der Waals surface area (Å²) in [6.45, 7) is 2.64. The topological polar surface area (TPSA) is 82.8 Å². The summed E-state index contributed by atoms with van der Waals surface area (Å²) in [6, 6.07) is 4.86. The summed E-state index contributed by atoms with van der Waals surface area (Å²) >= 11 is 6.16. The third kappa shape index (κ3) is 3.87. The number of aromatic nitrogens is 1. The van der Waals surface area contributed by atoms with Crippen molar-refractivity contribution in [3.63, 3.8) is 0 Å². The van der Waals surface area contributed by atoms with E-state index in [9.17, 15) is 4.79 Å². The molecule has 0 unspecified atom stereocenters. The van der Waals surface area contributed by atoms with Crippen molar-refractivity contribution in [1.29, 1.82) is 0 Å². The summed E-state index contributed by atoms with van der Waals surface area (Å²) in [5.74, 6) is 1.60. The van der Waals surface area contributed by atoms with Gasteiger partial charge in [0.05, 0.1) is 23.9 Å². The molecule has 1 aromatic carbocycles. The molecular formula is C15H15ClN2O5. The number of benzene rings is 1. The molecule has 1 amide bonds. The zero-order chi connectivity index (χ0) is 16.2. The second kappa shape index (κ2) is 6.78. The molecule has 0 radical (unpaired) electrons. The number of fused-ring (bicyclic) bond motifs is 1. The summed E-state index contributed by atoms with van der Waals surface area (Å²) < 4.78 is 21.2. The Balaban J connectivity index is 1.64. The van der Waals surface area contributed by atoms with E-state index in [0.29, 0.717) is 41.2 Å². The first-order valence-electron chi connectivity index (χ1n) is 7.07. The van der Waals surface area contributed by atoms with E-state index in [2.05, 4.69) is 10.5 Å². The van der Waals surface area contributed by atoms with Crippen LogP contribution in [0.3, 0.4) is 0 Å². The maximum atomic E-state index is 12.0. The number of hydrogen-bond acceptors (Lipinski definition) is 6. The van der Waals surface area contributed by atoms with Crippen LogP contribution in [0.15, 0.2) is 22.7 Å². The third-order valence-electron chi connectivity index (χ3n) is 3.07. The molecule has 1 aromatic heterocycles. The predicted molar refractivity (Wildman–Crippen MR) is 82.4 cm³/mol. The zero-order valence-corrected chi connectivity index (χ0v) is 13.2. The lowest BCUT2D eigenvalue weighted by Gasteiger charge is -2.12. The average Bonchev–Trinajstić information content (AvgIpc) is 2.80. The molecule has 1 N–H and O–H groups in total. The normalized spacial score (nSPS) is 13.3. The molecule has 1 aliphatic rings. The van der Waals surface area contributed by atoms with Crippen molar-refractivity contribution in [2.45, 2.75) is 13.3 Å². The van der Waals surface area contributed by atoms with Crippen molar-refractivity contribution in [2.75, 3.05) is 25.1 Å². The molecule has 0 spiro atoms. The summed E-state index contributed by atoms with van der Waals surface area (Å²) in [7, 11) is 0. The minimum atomic E-state index is -0.373. The quantitative estimate of drug-likeness (QED) is 0.923. The van der Waals surface area contributed by atoms with Gasteiger partial charge in [-0.25, -0.2) is 0 Å². The Labute approximate surface area is 137 Å². The second-order valence-electron chi connectivity index (χ2n) is 4.94. The van der Waals surface area contributed by atoms with Gasteiger partial charge in [-0.15, -0.1) is 0 Å². The van der Waals surface area contributed by atoms with Crippen LogP contribution in [0.4, 0.5) is 5.69 Å². The Morgan fingerprint density at radius 2 is 2.04 bits per heavy atom. The molecule has 7 nitrogen and oxygen atoms in total. The van der Waals surface area contributed by atoms with Gasteiger partial charge in [0.15, 0.2) is 18.1 Å². The highest BCUT2D eigenvalue weighted by Gasteiger charge is 2.16. The van der Waals surface area contributed by atoms with E-state index in [1.165, 1.54) is 0 Å². The first-order valence-corrected chi connectivity index (χ1v) is 7.45. The molecule has 0 saturated heterocycles. The van der Waals surface area contributed by atoms with Crippen LogP contribution in [0.25, 0.3) is 0 Å². The molecule has 0 saturated carbocycles. The van der Waals surface area contributed by atoms with Crippen molar-refractivity contribution in [1.82, 2.24) is 5.16 Å². The predicted octanol–water partition coefficient (Wildman–Crippen LogP) is 2.82. The van der Waals surface area contributed by atoms with Crippen molar-refractivity contribution in [2.24, 2.45) is 0 Å². The standard InChI is InChI=1S/C15H15ClN2O5/c1-9-5-15(18-23-9)22-8-14(19)17-11-7-13-12(6-10(11)16)20-3-2-4-21-13/h5-7H,2-4,8H2,1H3,(H,17,19). The lowest BCUT2D eigenvalue weighted by molar-refractivity contribution is -0.118. The first kappa shape index (κ1) is 15.5. The Morgan fingerprint density at radius 3 is 2.74 bits per heavy atom. The van der Waals surface area contributed by atoms with Crippen LogP contribution < -0.4 is 19.5 Å². The van der Waals surface area contributed by atoms with Crippen molar-refractivity contribution in [3.05, 3.63) is 29.0 Å². The number of nitrogens with zero attached hydrogens (tertiary/aromatic N) is 1. The summed E-state index contributed by atoms with van der Waals surface area (Å²) in [5.41, 5.74) is 0.431. The number of carbonyl (C=O) groups is 1. The molecular weight excluding hydrogens is 324 g/mol. The Kier molecular flexibility index (Phi) is 4.57. The molecule has 23 heavy (non-hydrogen) atoms. The highest BCUT2D eigenvalue weighted by Crippen LogP contribution is 2.37. The van der Waals surface area contributed by atoms with Crippen LogP contribution in [0.2, 0.25) is 5.02 Å². The van der Waals surface area contributed by atoms with E-state index in [1.54, 1.807) is 25.1 Å². The van der Waals surface area contributed by atoms with Crippen molar-refractivity contribution < 1.29 is 23.5 Å². The number of ether oxygens (including phenoxy) is 3. The van der Waals surface area contributed by atoms with Gasteiger partial charge in [-0.2, -0.15) is 0 Å². The van der Waals surface area contributed by atoms with Gasteiger partial charge >= 0.3 is 0 Å². The van der Waals surface area contributed by atoms with Gasteiger partial charge in [0.1, 0.15) is 5.76 Å². The van der Waals surface area contributed by atoms with Crippen LogP contribution in [-0.2, 0) is 4.79 Å². The van der Waals surface area contributed by atoms with Crippen LogP contribution in [0.1, 0.15) is 12.2 Å². The minimum Gasteiger partial charge on any atom is -0.490 e. The largest absolute Gasteiger partial charge is 0.490 e. The molecule has 122 valence electrons.